The van der Waals surface area contributed by atoms with E-state index in [0.29, 0.717) is 5.56 Å². The predicted octanol–water partition coefficient (Wildman–Crippen LogP) is 3.42. The number of halogens is 3. The van der Waals surface area contributed by atoms with E-state index < -0.39 is 23.8 Å². The Balaban J connectivity index is 2.25. The Bertz CT molecular complexity index is 689. The van der Waals surface area contributed by atoms with Gasteiger partial charge in [-0.25, -0.2) is 23.1 Å². The van der Waals surface area contributed by atoms with E-state index in [1.165, 1.54) is 19.1 Å². The van der Waals surface area contributed by atoms with Crippen molar-refractivity contribution in [3.05, 3.63) is 52.9 Å². The number of benzene rings is 1. The van der Waals surface area contributed by atoms with Gasteiger partial charge in [0.05, 0.1) is 0 Å². The van der Waals surface area contributed by atoms with E-state index in [2.05, 4.69) is 15.3 Å². The number of carbonyl (C=O) groups excluding carboxylic acids is 1. The Morgan fingerprint density at radius 2 is 1.90 bits per heavy atom. The molecule has 1 N–H and O–H groups in total. The molecule has 21 heavy (non-hydrogen) atoms. The van der Waals surface area contributed by atoms with Crippen LogP contribution in [0.15, 0.2) is 24.3 Å². The highest BCUT2D eigenvalue weighted by molar-refractivity contribution is 6.02. The lowest BCUT2D eigenvalue weighted by molar-refractivity contribution is 0.102. The number of nitrogens with zero attached hydrogens (tertiary/aromatic N) is 2. The van der Waals surface area contributed by atoms with Gasteiger partial charge >= 0.3 is 0 Å². The number of hydrogen-bond acceptors (Lipinski definition) is 3. The molecule has 0 spiro atoms. The molecule has 2 rings (SSSR count). The first-order valence-corrected chi connectivity index (χ1v) is 6.08. The average Bonchev–Trinajstić information content (AvgIpc) is 2.42. The van der Waals surface area contributed by atoms with Crippen molar-refractivity contribution in [2.45, 2.75) is 20.3 Å². The Kier molecular flexibility index (Phi) is 4.21. The van der Waals surface area contributed by atoms with Gasteiger partial charge in [-0.3, -0.25) is 4.79 Å². The summed E-state index contributed by atoms with van der Waals surface area (Å²) in [7, 11) is 0. The Morgan fingerprint density at radius 3 is 2.52 bits per heavy atom. The van der Waals surface area contributed by atoms with Crippen LogP contribution < -0.4 is 5.32 Å². The lowest BCUT2D eigenvalue weighted by Crippen LogP contribution is -2.16. The number of amides is 1. The third-order valence-electron chi connectivity index (χ3n) is 2.74. The maximum absolute atomic E-state index is 13.4. The van der Waals surface area contributed by atoms with Gasteiger partial charge in [-0.05, 0) is 37.6 Å². The Labute approximate surface area is 119 Å². The van der Waals surface area contributed by atoms with Crippen LogP contribution in [0.1, 0.15) is 34.0 Å². The van der Waals surface area contributed by atoms with Gasteiger partial charge in [0.1, 0.15) is 23.0 Å². The van der Waals surface area contributed by atoms with Crippen molar-refractivity contribution in [2.24, 2.45) is 0 Å². The molecular formula is C14H12F3N3O. The molecule has 1 amide bonds. The van der Waals surface area contributed by atoms with Gasteiger partial charge in [0, 0.05) is 5.69 Å². The summed E-state index contributed by atoms with van der Waals surface area (Å²) >= 11 is 0. The summed E-state index contributed by atoms with van der Waals surface area (Å²) in [4.78, 5) is 19.3. The van der Waals surface area contributed by atoms with E-state index in [1.807, 2.05) is 0 Å². The fourth-order valence-electron chi connectivity index (χ4n) is 1.68. The molecule has 0 unspecified atom stereocenters. The van der Waals surface area contributed by atoms with Crippen LogP contribution in [-0.4, -0.2) is 15.9 Å². The smallest absolute Gasteiger partial charge is 0.280 e. The van der Waals surface area contributed by atoms with Crippen LogP contribution in [0.2, 0.25) is 0 Å². The molecule has 1 aromatic carbocycles. The number of nitrogens with one attached hydrogen (secondary N) is 1. The second kappa shape index (κ2) is 5.90. The summed E-state index contributed by atoms with van der Waals surface area (Å²) in [6.07, 6.45) is -2.80. The van der Waals surface area contributed by atoms with E-state index in [0.717, 1.165) is 12.1 Å². The molecule has 0 radical (unpaired) electrons. The lowest BCUT2D eigenvalue weighted by atomic mass is 10.2. The molecule has 4 nitrogen and oxygen atoms in total. The fourth-order valence-corrected chi connectivity index (χ4v) is 1.68. The van der Waals surface area contributed by atoms with Crippen molar-refractivity contribution in [1.82, 2.24) is 9.97 Å². The standard InChI is InChI=1S/C14H12F3N3O/c1-7-3-4-9(5-10(7)15)20-14(21)12-6-11(13(16)17)18-8(2)19-12/h3-6,13H,1-2H3,(H,20,21). The molecule has 0 fully saturated rings. The van der Waals surface area contributed by atoms with Gasteiger partial charge < -0.3 is 5.32 Å². The van der Waals surface area contributed by atoms with Crippen molar-refractivity contribution in [3.8, 4) is 0 Å². The average molecular weight is 295 g/mol. The third-order valence-corrected chi connectivity index (χ3v) is 2.74. The topological polar surface area (TPSA) is 54.9 Å². The van der Waals surface area contributed by atoms with Crippen LogP contribution >= 0.6 is 0 Å². The normalized spacial score (nSPS) is 10.8. The maximum atomic E-state index is 13.4. The van der Waals surface area contributed by atoms with Crippen molar-refractivity contribution in [1.29, 1.82) is 0 Å². The predicted molar refractivity (Wildman–Crippen MR) is 70.8 cm³/mol. The van der Waals surface area contributed by atoms with E-state index in [9.17, 15) is 18.0 Å². The lowest BCUT2D eigenvalue weighted by Gasteiger charge is -2.08. The van der Waals surface area contributed by atoms with Crippen molar-refractivity contribution >= 4 is 11.6 Å². The second-order valence-corrected chi connectivity index (χ2v) is 4.44. The summed E-state index contributed by atoms with van der Waals surface area (Å²) < 4.78 is 38.7. The molecule has 110 valence electrons. The number of anilines is 1. The van der Waals surface area contributed by atoms with E-state index in [4.69, 9.17) is 0 Å². The molecule has 0 aliphatic carbocycles. The van der Waals surface area contributed by atoms with Gasteiger partial charge in [-0.15, -0.1) is 0 Å². The highest BCUT2D eigenvalue weighted by atomic mass is 19.3. The Hall–Kier alpha value is -2.44. The van der Waals surface area contributed by atoms with Gasteiger partial charge in [0.2, 0.25) is 0 Å². The first-order chi connectivity index (χ1) is 9.86. The summed E-state index contributed by atoms with van der Waals surface area (Å²) in [5.74, 6) is -1.11. The summed E-state index contributed by atoms with van der Waals surface area (Å²) in [6.45, 7) is 3.00. The Morgan fingerprint density at radius 1 is 1.19 bits per heavy atom. The van der Waals surface area contributed by atoms with Crippen LogP contribution in [0.5, 0.6) is 0 Å². The van der Waals surface area contributed by atoms with Crippen LogP contribution in [0.3, 0.4) is 0 Å². The first kappa shape index (κ1) is 15.0. The SMILES string of the molecule is Cc1nc(C(=O)Nc2ccc(C)c(F)c2)cc(C(F)F)n1. The van der Waals surface area contributed by atoms with E-state index in [1.54, 1.807) is 6.92 Å². The maximum Gasteiger partial charge on any atom is 0.280 e. The van der Waals surface area contributed by atoms with Gasteiger partial charge in [-0.1, -0.05) is 6.07 Å². The molecule has 0 saturated heterocycles. The zero-order valence-corrected chi connectivity index (χ0v) is 11.3. The minimum Gasteiger partial charge on any atom is -0.321 e. The highest BCUT2D eigenvalue weighted by Crippen LogP contribution is 2.18. The molecule has 1 heterocycles. The summed E-state index contributed by atoms with van der Waals surface area (Å²) in [6, 6.07) is 5.08. The second-order valence-electron chi connectivity index (χ2n) is 4.44. The van der Waals surface area contributed by atoms with Crippen molar-refractivity contribution in [3.63, 3.8) is 0 Å². The summed E-state index contributed by atoms with van der Waals surface area (Å²) in [5.41, 5.74) is -0.0645. The highest BCUT2D eigenvalue weighted by Gasteiger charge is 2.16. The minimum atomic E-state index is -2.80. The first-order valence-electron chi connectivity index (χ1n) is 6.08. The van der Waals surface area contributed by atoms with E-state index in [-0.39, 0.29) is 17.2 Å². The van der Waals surface area contributed by atoms with Crippen LogP contribution in [-0.2, 0) is 0 Å². The minimum absolute atomic E-state index is 0.0630. The molecule has 1 aromatic heterocycles. The number of rotatable bonds is 3. The zero-order chi connectivity index (χ0) is 15.6. The summed E-state index contributed by atoms with van der Waals surface area (Å²) in [5, 5.41) is 2.41. The molecular weight excluding hydrogens is 283 g/mol. The number of aromatic nitrogens is 2. The third kappa shape index (κ3) is 3.56. The monoisotopic (exact) mass is 295 g/mol. The quantitative estimate of drug-likeness (QED) is 0.944. The molecule has 0 bridgehead atoms. The zero-order valence-electron chi connectivity index (χ0n) is 11.3. The fraction of sp³-hybridized carbons (Fsp3) is 0.214. The van der Waals surface area contributed by atoms with E-state index >= 15 is 0 Å². The molecule has 0 aliphatic rings. The number of aryl methyl sites for hydroxylation is 2. The molecule has 7 heteroatoms. The number of carbonyl (C=O) groups is 1. The largest absolute Gasteiger partial charge is 0.321 e. The molecule has 2 aromatic rings. The van der Waals surface area contributed by atoms with Gasteiger partial charge in [0.15, 0.2) is 0 Å². The number of hydrogen-bond donors (Lipinski definition) is 1. The van der Waals surface area contributed by atoms with Crippen molar-refractivity contribution in [2.75, 3.05) is 5.32 Å². The van der Waals surface area contributed by atoms with Crippen LogP contribution in [0.4, 0.5) is 18.9 Å². The van der Waals surface area contributed by atoms with Gasteiger partial charge in [0.25, 0.3) is 12.3 Å². The van der Waals surface area contributed by atoms with Crippen molar-refractivity contribution < 1.29 is 18.0 Å². The molecule has 0 atom stereocenters. The van der Waals surface area contributed by atoms with Gasteiger partial charge in [-0.2, -0.15) is 0 Å². The van der Waals surface area contributed by atoms with Crippen LogP contribution in [0.25, 0.3) is 0 Å². The number of alkyl halides is 2. The molecule has 0 aliphatic heterocycles. The molecule has 0 saturated carbocycles. The van der Waals surface area contributed by atoms with Crippen LogP contribution in [0, 0.1) is 19.7 Å².